The first-order valence-electron chi connectivity index (χ1n) is 22.2. The summed E-state index contributed by atoms with van der Waals surface area (Å²) in [7, 11) is 0. The largest absolute Gasteiger partial charge is 0.509 e. The van der Waals surface area contributed by atoms with Gasteiger partial charge in [0, 0.05) is 71.3 Å². The number of benzene rings is 10. The third kappa shape index (κ3) is 6.29. The molecule has 0 amide bonds. The fourth-order valence-electron chi connectivity index (χ4n) is 10.0. The molecule has 12 aromatic rings. The van der Waals surface area contributed by atoms with Crippen LogP contribution < -0.4 is 14.5 Å². The Morgan fingerprint density at radius 3 is 1.88 bits per heavy atom. The Hall–Kier alpha value is -7.46. The summed E-state index contributed by atoms with van der Waals surface area (Å²) in [6.07, 6.45) is 0. The summed E-state index contributed by atoms with van der Waals surface area (Å²) >= 11 is 0. The Labute approximate surface area is 397 Å². The van der Waals surface area contributed by atoms with Crippen molar-refractivity contribution in [3.8, 4) is 17.3 Å². The SMILES string of the molecule is CC(C)(C)c1ccc(N2[CH-]N(c3[c-]c(Oc4[c-]c5c(cc4)c4ccccc4n5-c4nc5ccc6ccc7ccccc7c6c5c5c4ccc4ccccc45)ccc3)c3ccccc32)cc1.[Pt]. The van der Waals surface area contributed by atoms with Crippen LogP contribution in [-0.2, 0) is 26.5 Å². The summed E-state index contributed by atoms with van der Waals surface area (Å²) in [6, 6.07) is 74.2. The van der Waals surface area contributed by atoms with Gasteiger partial charge in [-0.05, 0) is 91.1 Å². The van der Waals surface area contributed by atoms with E-state index in [0.29, 0.717) is 11.5 Å². The number of para-hydroxylation sites is 3. The topological polar surface area (TPSA) is 33.5 Å². The second kappa shape index (κ2) is 15.3. The molecule has 0 radical (unpaired) electrons. The van der Waals surface area contributed by atoms with Crippen LogP contribution in [0.25, 0.3) is 81.6 Å². The third-order valence-electron chi connectivity index (χ3n) is 13.2. The van der Waals surface area contributed by atoms with Crippen molar-refractivity contribution in [2.75, 3.05) is 9.80 Å². The van der Waals surface area contributed by atoms with Crippen LogP contribution in [0, 0.1) is 18.8 Å². The minimum absolute atomic E-state index is 0. The molecular weight excluding hydrogens is 988 g/mol. The molecule has 3 heterocycles. The monoisotopic (exact) mass is 1030 g/mol. The molecule has 0 spiro atoms. The molecule has 5 nitrogen and oxygen atoms in total. The molecule has 0 N–H and O–H groups in total. The molecule has 1 aliphatic heterocycles. The second-order valence-corrected chi connectivity index (χ2v) is 18.1. The molecule has 2 aromatic heterocycles. The molecule has 0 atom stereocenters. The molecule has 320 valence electrons. The fourth-order valence-corrected chi connectivity index (χ4v) is 10.0. The van der Waals surface area contributed by atoms with Crippen molar-refractivity contribution in [3.05, 3.63) is 212 Å². The maximum absolute atomic E-state index is 6.72. The van der Waals surface area contributed by atoms with Gasteiger partial charge in [0.05, 0.1) is 5.52 Å². The molecule has 10 aromatic carbocycles. The summed E-state index contributed by atoms with van der Waals surface area (Å²) in [5.74, 6) is 2.04. The molecule has 1 aliphatic rings. The van der Waals surface area contributed by atoms with Gasteiger partial charge in [-0.2, -0.15) is 12.1 Å². The van der Waals surface area contributed by atoms with E-state index in [1.807, 2.05) is 18.2 Å². The molecule has 66 heavy (non-hydrogen) atoms. The minimum atomic E-state index is 0. The van der Waals surface area contributed by atoms with Crippen LogP contribution in [-0.4, -0.2) is 9.55 Å². The van der Waals surface area contributed by atoms with E-state index >= 15 is 0 Å². The number of hydrogen-bond acceptors (Lipinski definition) is 4. The van der Waals surface area contributed by atoms with Crippen molar-refractivity contribution in [1.82, 2.24) is 9.55 Å². The van der Waals surface area contributed by atoms with Gasteiger partial charge < -0.3 is 19.1 Å². The van der Waals surface area contributed by atoms with Gasteiger partial charge in [-0.1, -0.05) is 142 Å². The van der Waals surface area contributed by atoms with Crippen molar-refractivity contribution in [2.24, 2.45) is 0 Å². The van der Waals surface area contributed by atoms with Crippen LogP contribution in [0.4, 0.5) is 22.7 Å². The molecule has 0 aliphatic carbocycles. The average Bonchev–Trinajstić information content (AvgIpc) is 3.89. The zero-order valence-corrected chi connectivity index (χ0v) is 38.8. The van der Waals surface area contributed by atoms with E-state index in [-0.39, 0.29) is 26.5 Å². The van der Waals surface area contributed by atoms with E-state index in [9.17, 15) is 0 Å². The van der Waals surface area contributed by atoms with E-state index < -0.39 is 0 Å². The second-order valence-electron chi connectivity index (χ2n) is 18.1. The normalized spacial score (nSPS) is 12.8. The zero-order valence-electron chi connectivity index (χ0n) is 36.5. The predicted molar refractivity (Wildman–Crippen MR) is 270 cm³/mol. The first-order valence-corrected chi connectivity index (χ1v) is 22.2. The molecular formula is C60H41N4OPt-3. The Kier molecular flexibility index (Phi) is 9.31. The number of fused-ring (bicyclic) bond motifs is 13. The van der Waals surface area contributed by atoms with Gasteiger partial charge in [-0.15, -0.1) is 48.1 Å². The van der Waals surface area contributed by atoms with Gasteiger partial charge in [-0.3, -0.25) is 0 Å². The fraction of sp³-hybridized carbons (Fsp3) is 0.0667. The molecule has 0 saturated heterocycles. The first-order chi connectivity index (χ1) is 31.9. The quantitative estimate of drug-likeness (QED) is 0.127. The maximum atomic E-state index is 6.72. The minimum Gasteiger partial charge on any atom is -0.509 e. The van der Waals surface area contributed by atoms with Gasteiger partial charge >= 0.3 is 0 Å². The van der Waals surface area contributed by atoms with Crippen molar-refractivity contribution in [1.29, 1.82) is 0 Å². The summed E-state index contributed by atoms with van der Waals surface area (Å²) < 4.78 is 9.00. The van der Waals surface area contributed by atoms with Crippen molar-refractivity contribution >= 4 is 98.5 Å². The van der Waals surface area contributed by atoms with E-state index in [0.717, 1.165) is 61.3 Å². The Bertz CT molecular complexity index is 3900. The molecule has 13 rings (SSSR count). The molecule has 0 unspecified atom stereocenters. The number of ether oxygens (including phenoxy) is 1. The number of hydrogen-bond donors (Lipinski definition) is 0. The van der Waals surface area contributed by atoms with Crippen LogP contribution in [0.15, 0.2) is 188 Å². The molecule has 0 bridgehead atoms. The number of anilines is 4. The van der Waals surface area contributed by atoms with Crippen LogP contribution >= 0.6 is 0 Å². The van der Waals surface area contributed by atoms with E-state index in [2.05, 4.69) is 224 Å². The summed E-state index contributed by atoms with van der Waals surface area (Å²) in [5.41, 5.74) is 8.42. The standard InChI is InChI=1S/C60H41N4O.Pt/c1-60(2,3)41-27-29-42(30-28-41)62-37-63(54-22-11-10-21-53(54)62)43-15-12-16-44(35-43)65-45-31-33-49-48-19-8-9-20-52(48)64(55(49)36-45)59-50-32-25-39-14-5-7-18-47(39)57(50)58-51(61-59)34-26-40-24-23-38-13-4-6-17-46(38)56(40)58;/h4-34,37H,1-3H3;/q-3;. The third-order valence-corrected chi connectivity index (χ3v) is 13.2. The summed E-state index contributed by atoms with van der Waals surface area (Å²) in [4.78, 5) is 10.0. The summed E-state index contributed by atoms with van der Waals surface area (Å²) in [5, 5.41) is 12.9. The predicted octanol–water partition coefficient (Wildman–Crippen LogP) is 16.0. The summed E-state index contributed by atoms with van der Waals surface area (Å²) in [6.45, 7) is 8.87. The number of nitrogens with zero attached hydrogens (tertiary/aromatic N) is 4. The van der Waals surface area contributed by atoms with Crippen LogP contribution in [0.5, 0.6) is 11.5 Å². The van der Waals surface area contributed by atoms with Gasteiger partial charge in [0.25, 0.3) is 0 Å². The number of rotatable bonds is 5. The van der Waals surface area contributed by atoms with Gasteiger partial charge in [0.15, 0.2) is 0 Å². The first kappa shape index (κ1) is 40.1. The van der Waals surface area contributed by atoms with Crippen molar-refractivity contribution in [2.45, 2.75) is 26.2 Å². The van der Waals surface area contributed by atoms with Crippen LogP contribution in [0.2, 0.25) is 0 Å². The van der Waals surface area contributed by atoms with Gasteiger partial charge in [0.2, 0.25) is 0 Å². The smallest absolute Gasteiger partial charge is 0.144 e. The number of aromatic nitrogens is 2. The average molecular weight is 1030 g/mol. The molecule has 6 heteroatoms. The van der Waals surface area contributed by atoms with E-state index in [4.69, 9.17) is 9.72 Å². The van der Waals surface area contributed by atoms with Crippen molar-refractivity contribution < 1.29 is 25.8 Å². The van der Waals surface area contributed by atoms with Gasteiger partial charge in [0.1, 0.15) is 5.82 Å². The van der Waals surface area contributed by atoms with Crippen LogP contribution in [0.3, 0.4) is 0 Å². The zero-order chi connectivity index (χ0) is 43.4. The Morgan fingerprint density at radius 1 is 0.485 bits per heavy atom. The number of pyridine rings is 1. The van der Waals surface area contributed by atoms with E-state index in [1.54, 1.807) is 0 Å². The van der Waals surface area contributed by atoms with Crippen molar-refractivity contribution in [3.63, 3.8) is 0 Å². The Balaban J connectivity index is 0.00000456. The Morgan fingerprint density at radius 2 is 1.11 bits per heavy atom. The van der Waals surface area contributed by atoms with Gasteiger partial charge in [-0.25, -0.2) is 4.98 Å². The van der Waals surface area contributed by atoms with Crippen LogP contribution in [0.1, 0.15) is 26.3 Å². The maximum Gasteiger partial charge on any atom is 0.144 e. The molecule has 0 fully saturated rings. The molecule has 0 saturated carbocycles. The van der Waals surface area contributed by atoms with E-state index in [1.165, 1.54) is 48.7 Å².